The maximum absolute atomic E-state index is 12.0. The van der Waals surface area contributed by atoms with Crippen molar-refractivity contribution >= 4 is 5.97 Å². The van der Waals surface area contributed by atoms with E-state index in [-0.39, 0.29) is 30.9 Å². The van der Waals surface area contributed by atoms with Crippen LogP contribution >= 0.6 is 0 Å². The summed E-state index contributed by atoms with van der Waals surface area (Å²) in [4.78, 5) is 20.4. The smallest absolute Gasteiger partial charge is 0.322 e. The molecule has 3 atom stereocenters. The SMILES string of the molecule is CCC(CC)COC(=O)[C@H](C)NCOC[C@@H]1CC[C@H](c2cnc(OC)nc2OC)O1. The van der Waals surface area contributed by atoms with Gasteiger partial charge in [-0.1, -0.05) is 26.7 Å². The van der Waals surface area contributed by atoms with Gasteiger partial charge in [0.25, 0.3) is 0 Å². The average Bonchev–Trinajstić information content (AvgIpc) is 3.25. The monoisotopic (exact) mass is 425 g/mol. The summed E-state index contributed by atoms with van der Waals surface area (Å²) < 4.78 is 27.5. The number of hydrogen-bond donors (Lipinski definition) is 1. The standard InChI is InChI=1S/C21H35N3O6/c1-6-15(7-2)11-29-20(25)14(3)23-13-28-12-16-8-9-18(30-16)17-10-22-21(27-5)24-19(17)26-4/h10,14-16,18,23H,6-9,11-13H2,1-5H3/t14-,16-,18+/m0/s1. The zero-order valence-corrected chi connectivity index (χ0v) is 18.7. The highest BCUT2D eigenvalue weighted by Crippen LogP contribution is 2.36. The van der Waals surface area contributed by atoms with Gasteiger partial charge in [0, 0.05) is 6.20 Å². The molecular formula is C21H35N3O6. The van der Waals surface area contributed by atoms with E-state index >= 15 is 0 Å². The topological polar surface area (TPSA) is 101 Å². The lowest BCUT2D eigenvalue weighted by molar-refractivity contribution is -0.147. The highest BCUT2D eigenvalue weighted by Gasteiger charge is 2.30. The highest BCUT2D eigenvalue weighted by atomic mass is 16.6. The Morgan fingerprint density at radius 1 is 1.27 bits per heavy atom. The van der Waals surface area contributed by atoms with E-state index in [2.05, 4.69) is 29.1 Å². The highest BCUT2D eigenvalue weighted by molar-refractivity contribution is 5.75. The predicted molar refractivity (Wildman–Crippen MR) is 110 cm³/mol. The first-order valence-electron chi connectivity index (χ1n) is 10.6. The molecule has 9 nitrogen and oxygen atoms in total. The van der Waals surface area contributed by atoms with Crippen molar-refractivity contribution in [3.8, 4) is 11.9 Å². The van der Waals surface area contributed by atoms with Crippen LogP contribution in [0.5, 0.6) is 11.9 Å². The van der Waals surface area contributed by atoms with E-state index in [0.717, 1.165) is 31.2 Å². The molecular weight excluding hydrogens is 390 g/mol. The first-order chi connectivity index (χ1) is 14.5. The summed E-state index contributed by atoms with van der Waals surface area (Å²) in [6.07, 6.45) is 5.18. The number of methoxy groups -OCH3 is 2. The lowest BCUT2D eigenvalue weighted by Gasteiger charge is -2.18. The molecule has 1 aromatic heterocycles. The molecule has 1 fully saturated rings. The van der Waals surface area contributed by atoms with Crippen LogP contribution in [0.15, 0.2) is 6.20 Å². The number of rotatable bonds is 13. The van der Waals surface area contributed by atoms with Crippen molar-refractivity contribution in [1.29, 1.82) is 0 Å². The minimum Gasteiger partial charge on any atom is -0.481 e. The van der Waals surface area contributed by atoms with Gasteiger partial charge in [0.15, 0.2) is 0 Å². The van der Waals surface area contributed by atoms with Gasteiger partial charge in [-0.25, -0.2) is 4.98 Å². The molecule has 0 spiro atoms. The van der Waals surface area contributed by atoms with Gasteiger partial charge in [0.05, 0.1) is 51.9 Å². The lowest BCUT2D eigenvalue weighted by atomic mass is 10.1. The average molecular weight is 426 g/mol. The molecule has 1 saturated heterocycles. The summed E-state index contributed by atoms with van der Waals surface area (Å²) in [6.45, 7) is 7.13. The van der Waals surface area contributed by atoms with Crippen molar-refractivity contribution in [3.05, 3.63) is 11.8 Å². The third kappa shape index (κ3) is 7.07. The van der Waals surface area contributed by atoms with Crippen LogP contribution < -0.4 is 14.8 Å². The number of nitrogens with one attached hydrogen (secondary N) is 1. The van der Waals surface area contributed by atoms with Crippen LogP contribution in [0.3, 0.4) is 0 Å². The van der Waals surface area contributed by atoms with Gasteiger partial charge in [-0.3, -0.25) is 10.1 Å². The Bertz CT molecular complexity index is 656. The van der Waals surface area contributed by atoms with Gasteiger partial charge in [-0.05, 0) is 25.7 Å². The van der Waals surface area contributed by atoms with E-state index in [0.29, 0.717) is 25.0 Å². The number of carbonyl (C=O) groups is 1. The molecule has 0 amide bonds. The van der Waals surface area contributed by atoms with Crippen LogP contribution in [0.1, 0.15) is 58.1 Å². The maximum Gasteiger partial charge on any atom is 0.322 e. The third-order valence-electron chi connectivity index (χ3n) is 5.35. The van der Waals surface area contributed by atoms with Crippen molar-refractivity contribution in [2.24, 2.45) is 5.92 Å². The summed E-state index contributed by atoms with van der Waals surface area (Å²) in [6, 6.07) is -0.163. The largest absolute Gasteiger partial charge is 0.481 e. The second-order valence-corrected chi connectivity index (χ2v) is 7.40. The molecule has 2 rings (SSSR count). The molecule has 30 heavy (non-hydrogen) atoms. The Labute approximate surface area is 178 Å². The maximum atomic E-state index is 12.0. The molecule has 0 radical (unpaired) electrons. The van der Waals surface area contributed by atoms with Crippen LogP contribution in [0.25, 0.3) is 0 Å². The Hall–Kier alpha value is -1.97. The first-order valence-corrected chi connectivity index (χ1v) is 10.6. The van der Waals surface area contributed by atoms with Crippen LogP contribution in [0, 0.1) is 5.92 Å². The summed E-state index contributed by atoms with van der Waals surface area (Å²) >= 11 is 0. The molecule has 1 aliphatic heterocycles. The molecule has 0 unspecified atom stereocenters. The van der Waals surface area contributed by atoms with Gasteiger partial charge in [0.1, 0.15) is 6.04 Å². The van der Waals surface area contributed by atoms with E-state index in [4.69, 9.17) is 23.7 Å². The van der Waals surface area contributed by atoms with Crippen LogP contribution in [0.4, 0.5) is 0 Å². The van der Waals surface area contributed by atoms with Crippen molar-refractivity contribution < 1.29 is 28.5 Å². The zero-order chi connectivity index (χ0) is 21.9. The van der Waals surface area contributed by atoms with Crippen LogP contribution in [-0.4, -0.2) is 62.2 Å². The van der Waals surface area contributed by atoms with Crippen molar-refractivity contribution in [2.45, 2.75) is 64.7 Å². The molecule has 2 heterocycles. The quantitative estimate of drug-likeness (QED) is 0.290. The number of esters is 1. The summed E-state index contributed by atoms with van der Waals surface area (Å²) in [5, 5.41) is 3.03. The summed E-state index contributed by atoms with van der Waals surface area (Å²) in [7, 11) is 3.07. The Kier molecular flexibility index (Phi) is 10.3. The minimum atomic E-state index is -0.419. The molecule has 0 bridgehead atoms. The summed E-state index contributed by atoms with van der Waals surface area (Å²) in [5.74, 6) is 0.615. The number of ether oxygens (including phenoxy) is 5. The fraction of sp³-hybridized carbons (Fsp3) is 0.762. The van der Waals surface area contributed by atoms with Crippen LogP contribution in [0.2, 0.25) is 0 Å². The molecule has 0 aromatic carbocycles. The van der Waals surface area contributed by atoms with Gasteiger partial charge in [0.2, 0.25) is 5.88 Å². The number of hydrogen-bond acceptors (Lipinski definition) is 9. The van der Waals surface area contributed by atoms with E-state index in [1.165, 1.54) is 7.11 Å². The second kappa shape index (κ2) is 12.7. The molecule has 170 valence electrons. The Balaban J connectivity index is 1.69. The van der Waals surface area contributed by atoms with Crippen molar-refractivity contribution in [1.82, 2.24) is 15.3 Å². The normalized spacial score (nSPS) is 19.7. The minimum absolute atomic E-state index is 0.0410. The molecule has 1 aliphatic rings. The number of aromatic nitrogens is 2. The second-order valence-electron chi connectivity index (χ2n) is 7.40. The van der Waals surface area contributed by atoms with E-state index in [1.54, 1.807) is 20.2 Å². The van der Waals surface area contributed by atoms with Gasteiger partial charge >= 0.3 is 12.0 Å². The fourth-order valence-corrected chi connectivity index (χ4v) is 3.21. The van der Waals surface area contributed by atoms with Gasteiger partial charge in [-0.2, -0.15) is 4.98 Å². The van der Waals surface area contributed by atoms with Gasteiger partial charge in [-0.15, -0.1) is 0 Å². The molecule has 1 N–H and O–H groups in total. The van der Waals surface area contributed by atoms with E-state index in [1.807, 2.05) is 0 Å². The van der Waals surface area contributed by atoms with Crippen molar-refractivity contribution in [3.63, 3.8) is 0 Å². The zero-order valence-electron chi connectivity index (χ0n) is 18.7. The first kappa shape index (κ1) is 24.3. The molecule has 0 aliphatic carbocycles. The van der Waals surface area contributed by atoms with Gasteiger partial charge < -0.3 is 23.7 Å². The predicted octanol–water partition coefficient (Wildman–Crippen LogP) is 2.65. The van der Waals surface area contributed by atoms with Crippen molar-refractivity contribution in [2.75, 3.05) is 34.2 Å². The lowest BCUT2D eigenvalue weighted by Crippen LogP contribution is -2.38. The summed E-state index contributed by atoms with van der Waals surface area (Å²) in [5.41, 5.74) is 0.799. The Morgan fingerprint density at radius 3 is 2.70 bits per heavy atom. The third-order valence-corrected chi connectivity index (χ3v) is 5.35. The molecule has 9 heteroatoms. The van der Waals surface area contributed by atoms with E-state index < -0.39 is 6.04 Å². The number of nitrogens with zero attached hydrogens (tertiary/aromatic N) is 2. The Morgan fingerprint density at radius 2 is 2.03 bits per heavy atom. The molecule has 1 aromatic rings. The van der Waals surface area contributed by atoms with E-state index in [9.17, 15) is 4.79 Å². The molecule has 0 saturated carbocycles. The van der Waals surface area contributed by atoms with Crippen LogP contribution in [-0.2, 0) is 19.0 Å². The number of carbonyl (C=O) groups excluding carboxylic acids is 1. The fourth-order valence-electron chi connectivity index (χ4n) is 3.21.